The van der Waals surface area contributed by atoms with Crippen LogP contribution in [0.3, 0.4) is 0 Å². The molecule has 0 spiro atoms. The van der Waals surface area contributed by atoms with Crippen LogP contribution in [0.25, 0.3) is 11.4 Å². The van der Waals surface area contributed by atoms with E-state index in [1.807, 2.05) is 16.8 Å². The average Bonchev–Trinajstić information content (AvgIpc) is 2.96. The Morgan fingerprint density at radius 3 is 3.00 bits per heavy atom. The zero-order chi connectivity index (χ0) is 11.5. The lowest BCUT2D eigenvalue weighted by Crippen LogP contribution is -2.18. The van der Waals surface area contributed by atoms with Crippen molar-refractivity contribution < 1.29 is 4.52 Å². The number of nitrogens with zero attached hydrogens (tertiary/aromatic N) is 2. The van der Waals surface area contributed by atoms with Crippen molar-refractivity contribution in [1.29, 1.82) is 0 Å². The van der Waals surface area contributed by atoms with Crippen LogP contribution in [0.2, 0.25) is 0 Å². The fourth-order valence-electron chi connectivity index (χ4n) is 1.38. The highest BCUT2D eigenvalue weighted by Gasteiger charge is 2.20. The third kappa shape index (κ3) is 2.15. The molecule has 4 nitrogen and oxygen atoms in total. The molecule has 0 aliphatic rings. The summed E-state index contributed by atoms with van der Waals surface area (Å²) in [5.74, 6) is 1.49. The van der Waals surface area contributed by atoms with Crippen LogP contribution in [-0.4, -0.2) is 10.1 Å². The van der Waals surface area contributed by atoms with E-state index in [1.54, 1.807) is 11.3 Å². The van der Waals surface area contributed by atoms with Gasteiger partial charge >= 0.3 is 0 Å². The average molecular weight is 237 g/mol. The van der Waals surface area contributed by atoms with E-state index < -0.39 is 0 Å². The molecule has 0 aliphatic carbocycles. The molecule has 0 saturated carbocycles. The minimum atomic E-state index is -0.176. The van der Waals surface area contributed by atoms with Gasteiger partial charge in [0.1, 0.15) is 0 Å². The molecule has 2 aromatic rings. The first-order chi connectivity index (χ1) is 7.72. The molecule has 2 atom stereocenters. The molecular weight excluding hydrogens is 222 g/mol. The molecule has 2 heterocycles. The molecule has 2 N–H and O–H groups in total. The molecule has 0 aromatic carbocycles. The predicted molar refractivity (Wildman–Crippen MR) is 64.0 cm³/mol. The Labute approximate surface area is 98.5 Å². The quantitative estimate of drug-likeness (QED) is 0.888. The first kappa shape index (κ1) is 11.3. The SMILES string of the molecule is CCC(C)C(N)c1nc(-c2ccsc2)no1. The van der Waals surface area contributed by atoms with Crippen molar-refractivity contribution in [2.45, 2.75) is 26.3 Å². The highest BCUT2D eigenvalue weighted by molar-refractivity contribution is 7.08. The van der Waals surface area contributed by atoms with Crippen LogP contribution in [-0.2, 0) is 0 Å². The molecule has 0 bridgehead atoms. The molecule has 86 valence electrons. The number of hydrogen-bond donors (Lipinski definition) is 1. The second-order valence-corrected chi connectivity index (χ2v) is 4.66. The van der Waals surface area contributed by atoms with Crippen molar-refractivity contribution in [3.63, 3.8) is 0 Å². The van der Waals surface area contributed by atoms with Gasteiger partial charge in [-0.3, -0.25) is 0 Å². The second kappa shape index (κ2) is 4.76. The van der Waals surface area contributed by atoms with Crippen LogP contribution < -0.4 is 5.73 Å². The number of nitrogens with two attached hydrogens (primary N) is 1. The zero-order valence-corrected chi connectivity index (χ0v) is 10.2. The summed E-state index contributed by atoms with van der Waals surface area (Å²) in [6, 6.07) is 1.79. The van der Waals surface area contributed by atoms with Crippen LogP contribution in [0.5, 0.6) is 0 Å². The van der Waals surface area contributed by atoms with Crippen LogP contribution in [0, 0.1) is 5.92 Å². The Balaban J connectivity index is 2.20. The third-order valence-corrected chi connectivity index (χ3v) is 3.45. The van der Waals surface area contributed by atoms with Gasteiger partial charge in [-0.15, -0.1) is 0 Å². The molecule has 0 saturated heterocycles. The van der Waals surface area contributed by atoms with Gasteiger partial charge in [-0.25, -0.2) is 0 Å². The predicted octanol–water partition coefficient (Wildman–Crippen LogP) is 2.84. The highest BCUT2D eigenvalue weighted by atomic mass is 32.1. The molecule has 2 unspecified atom stereocenters. The number of hydrogen-bond acceptors (Lipinski definition) is 5. The molecular formula is C11H15N3OS. The van der Waals surface area contributed by atoms with Gasteiger partial charge < -0.3 is 10.3 Å². The fraction of sp³-hybridized carbons (Fsp3) is 0.455. The number of aromatic nitrogens is 2. The standard InChI is InChI=1S/C11H15N3OS/c1-3-7(2)9(12)11-13-10(14-15-11)8-4-5-16-6-8/h4-7,9H,3,12H2,1-2H3. The van der Waals surface area contributed by atoms with Crippen LogP contribution >= 0.6 is 11.3 Å². The summed E-state index contributed by atoms with van der Waals surface area (Å²) in [5, 5.41) is 7.91. The van der Waals surface area contributed by atoms with E-state index in [4.69, 9.17) is 10.3 Å². The Kier molecular flexibility index (Phi) is 3.36. The monoisotopic (exact) mass is 237 g/mol. The van der Waals surface area contributed by atoms with Crippen molar-refractivity contribution in [2.75, 3.05) is 0 Å². The van der Waals surface area contributed by atoms with E-state index in [-0.39, 0.29) is 6.04 Å². The molecule has 16 heavy (non-hydrogen) atoms. The van der Waals surface area contributed by atoms with Gasteiger partial charge in [-0.05, 0) is 17.4 Å². The minimum Gasteiger partial charge on any atom is -0.337 e. The summed E-state index contributed by atoms with van der Waals surface area (Å²) in [5.41, 5.74) is 7.00. The van der Waals surface area contributed by atoms with Crippen molar-refractivity contribution in [3.8, 4) is 11.4 Å². The molecule has 0 fully saturated rings. The summed E-state index contributed by atoms with van der Waals surface area (Å²) in [7, 11) is 0. The normalized spacial score (nSPS) is 14.9. The largest absolute Gasteiger partial charge is 0.337 e. The second-order valence-electron chi connectivity index (χ2n) is 3.88. The first-order valence-corrected chi connectivity index (χ1v) is 6.28. The van der Waals surface area contributed by atoms with Gasteiger partial charge in [0.25, 0.3) is 0 Å². The summed E-state index contributed by atoms with van der Waals surface area (Å²) in [6.07, 6.45) is 0.997. The lowest BCUT2D eigenvalue weighted by Gasteiger charge is -2.12. The van der Waals surface area contributed by atoms with Crippen LogP contribution in [0.1, 0.15) is 32.2 Å². The summed E-state index contributed by atoms with van der Waals surface area (Å²) in [4.78, 5) is 4.33. The van der Waals surface area contributed by atoms with E-state index in [9.17, 15) is 0 Å². The molecule has 0 amide bonds. The summed E-state index contributed by atoms with van der Waals surface area (Å²) in [6.45, 7) is 4.18. The van der Waals surface area contributed by atoms with E-state index in [1.165, 1.54) is 0 Å². The van der Waals surface area contributed by atoms with Crippen molar-refractivity contribution in [2.24, 2.45) is 11.7 Å². The molecule has 0 radical (unpaired) electrons. The maximum Gasteiger partial charge on any atom is 0.244 e. The van der Waals surface area contributed by atoms with E-state index >= 15 is 0 Å². The van der Waals surface area contributed by atoms with E-state index in [0.717, 1.165) is 12.0 Å². The Bertz CT molecular complexity index is 438. The Morgan fingerprint density at radius 1 is 1.56 bits per heavy atom. The van der Waals surface area contributed by atoms with E-state index in [0.29, 0.717) is 17.6 Å². The Morgan fingerprint density at radius 2 is 2.38 bits per heavy atom. The highest BCUT2D eigenvalue weighted by Crippen LogP contribution is 2.24. The summed E-state index contributed by atoms with van der Waals surface area (Å²) >= 11 is 1.61. The zero-order valence-electron chi connectivity index (χ0n) is 9.38. The van der Waals surface area contributed by atoms with Gasteiger partial charge in [0.15, 0.2) is 0 Å². The number of rotatable bonds is 4. The molecule has 2 aromatic heterocycles. The smallest absolute Gasteiger partial charge is 0.244 e. The number of thiophene rings is 1. The fourth-order valence-corrected chi connectivity index (χ4v) is 2.01. The van der Waals surface area contributed by atoms with Crippen molar-refractivity contribution in [1.82, 2.24) is 10.1 Å². The van der Waals surface area contributed by atoms with Gasteiger partial charge in [0.05, 0.1) is 6.04 Å². The molecule has 2 rings (SSSR count). The van der Waals surface area contributed by atoms with Crippen molar-refractivity contribution >= 4 is 11.3 Å². The molecule has 0 aliphatic heterocycles. The summed E-state index contributed by atoms with van der Waals surface area (Å²) < 4.78 is 5.19. The lowest BCUT2D eigenvalue weighted by molar-refractivity contribution is 0.312. The Hall–Kier alpha value is -1.20. The topological polar surface area (TPSA) is 64.9 Å². The lowest BCUT2D eigenvalue weighted by atomic mass is 10.0. The van der Waals surface area contributed by atoms with Crippen LogP contribution in [0.4, 0.5) is 0 Å². The minimum absolute atomic E-state index is 0.176. The third-order valence-electron chi connectivity index (χ3n) is 2.76. The first-order valence-electron chi connectivity index (χ1n) is 5.34. The van der Waals surface area contributed by atoms with Crippen molar-refractivity contribution in [3.05, 3.63) is 22.7 Å². The van der Waals surface area contributed by atoms with Gasteiger partial charge in [0, 0.05) is 10.9 Å². The maximum absolute atomic E-state index is 6.02. The van der Waals surface area contributed by atoms with E-state index in [2.05, 4.69) is 24.0 Å². The van der Waals surface area contributed by atoms with Gasteiger partial charge in [-0.2, -0.15) is 16.3 Å². The molecule has 5 heteroatoms. The maximum atomic E-state index is 6.02. The van der Waals surface area contributed by atoms with Gasteiger partial charge in [0.2, 0.25) is 11.7 Å². The van der Waals surface area contributed by atoms with Gasteiger partial charge in [-0.1, -0.05) is 25.4 Å². The van der Waals surface area contributed by atoms with Crippen LogP contribution in [0.15, 0.2) is 21.3 Å².